The summed E-state index contributed by atoms with van der Waals surface area (Å²) in [4.78, 5) is 21.7. The van der Waals surface area contributed by atoms with Gasteiger partial charge in [0.05, 0.1) is 17.0 Å². The van der Waals surface area contributed by atoms with Crippen LogP contribution in [0.2, 0.25) is 0 Å². The summed E-state index contributed by atoms with van der Waals surface area (Å²) in [6.07, 6.45) is -1.74. The maximum Gasteiger partial charge on any atom is 0.416 e. The zero-order valence-corrected chi connectivity index (χ0v) is 13.8. The van der Waals surface area contributed by atoms with Gasteiger partial charge >= 0.3 is 6.18 Å². The van der Waals surface area contributed by atoms with Crippen molar-refractivity contribution < 1.29 is 22.9 Å². The molecular weight excluding hydrogens is 361 g/mol. The maximum absolute atomic E-state index is 12.6. The predicted octanol–water partition coefficient (Wildman–Crippen LogP) is 3.79. The summed E-state index contributed by atoms with van der Waals surface area (Å²) in [6, 6.07) is 10.2. The maximum atomic E-state index is 12.6. The molecule has 8 heteroatoms. The molecule has 0 aliphatic rings. The molecule has 5 nitrogen and oxygen atoms in total. The molecule has 0 aromatic heterocycles. The smallest absolute Gasteiger partial charge is 0.342 e. The molecule has 0 saturated carbocycles. The Labute approximate surface area is 152 Å². The lowest BCUT2D eigenvalue weighted by Gasteiger charge is -2.05. The fourth-order valence-corrected chi connectivity index (χ4v) is 1.99. The summed E-state index contributed by atoms with van der Waals surface area (Å²) >= 11 is 0. The molecule has 27 heavy (non-hydrogen) atoms. The lowest BCUT2D eigenvalue weighted by atomic mass is 10.1. The van der Waals surface area contributed by atoms with Crippen LogP contribution < -0.4 is 5.32 Å². The Kier molecular flexibility index (Phi) is 6.33. The van der Waals surface area contributed by atoms with Gasteiger partial charge in [0, 0.05) is 23.8 Å². The summed E-state index contributed by atoms with van der Waals surface area (Å²) < 4.78 is 37.8. The molecule has 1 amide bonds. The van der Waals surface area contributed by atoms with Crippen molar-refractivity contribution in [3.05, 3.63) is 81.4 Å². The second-order valence-corrected chi connectivity index (χ2v) is 5.28. The normalized spacial score (nSPS) is 10.9. The SMILES string of the molecule is O=C(/C=C/c1ccc([N+](=O)[O-])cc1)NCC#Cc1cccc(C(F)(F)F)c1. The Morgan fingerprint density at radius 3 is 2.52 bits per heavy atom. The number of amides is 1. The number of nitrogens with one attached hydrogen (secondary N) is 1. The third-order valence-electron chi connectivity index (χ3n) is 3.30. The highest BCUT2D eigenvalue weighted by Crippen LogP contribution is 2.29. The fraction of sp³-hybridized carbons (Fsp3) is 0.105. The van der Waals surface area contributed by atoms with E-state index >= 15 is 0 Å². The number of non-ortho nitro benzene ring substituents is 1. The number of nitro groups is 1. The lowest BCUT2D eigenvalue weighted by molar-refractivity contribution is -0.384. The van der Waals surface area contributed by atoms with Gasteiger partial charge in [-0.25, -0.2) is 0 Å². The highest BCUT2D eigenvalue weighted by atomic mass is 19.4. The van der Waals surface area contributed by atoms with E-state index in [1.165, 1.54) is 48.6 Å². The van der Waals surface area contributed by atoms with E-state index in [1.807, 2.05) is 0 Å². The van der Waals surface area contributed by atoms with Gasteiger partial charge in [0.1, 0.15) is 0 Å². The van der Waals surface area contributed by atoms with Crippen LogP contribution in [0.4, 0.5) is 18.9 Å². The molecule has 0 spiro atoms. The Morgan fingerprint density at radius 2 is 1.89 bits per heavy atom. The molecule has 0 radical (unpaired) electrons. The molecule has 2 aromatic rings. The highest BCUT2D eigenvalue weighted by molar-refractivity contribution is 5.91. The third-order valence-corrected chi connectivity index (χ3v) is 3.30. The van der Waals surface area contributed by atoms with Gasteiger partial charge < -0.3 is 5.32 Å². The van der Waals surface area contributed by atoms with E-state index in [2.05, 4.69) is 17.2 Å². The number of benzene rings is 2. The van der Waals surface area contributed by atoms with Crippen LogP contribution in [0.15, 0.2) is 54.6 Å². The molecule has 0 aliphatic carbocycles. The van der Waals surface area contributed by atoms with Gasteiger partial charge in [-0.1, -0.05) is 17.9 Å². The summed E-state index contributed by atoms with van der Waals surface area (Å²) in [7, 11) is 0. The van der Waals surface area contributed by atoms with E-state index < -0.39 is 22.6 Å². The number of nitrogens with zero attached hydrogens (tertiary/aromatic N) is 1. The Morgan fingerprint density at radius 1 is 1.19 bits per heavy atom. The van der Waals surface area contributed by atoms with Crippen molar-refractivity contribution in [1.29, 1.82) is 0 Å². The van der Waals surface area contributed by atoms with Crippen LogP contribution in [-0.4, -0.2) is 17.4 Å². The zero-order chi connectivity index (χ0) is 19.9. The molecule has 0 saturated heterocycles. The summed E-state index contributed by atoms with van der Waals surface area (Å²) in [6.45, 7) is -0.0420. The summed E-state index contributed by atoms with van der Waals surface area (Å²) in [5.41, 5.74) is -0.0443. The quantitative estimate of drug-likeness (QED) is 0.383. The fourth-order valence-electron chi connectivity index (χ4n) is 1.99. The van der Waals surface area contributed by atoms with Crippen LogP contribution in [0.25, 0.3) is 6.08 Å². The molecule has 2 rings (SSSR count). The zero-order valence-electron chi connectivity index (χ0n) is 13.8. The summed E-state index contributed by atoms with van der Waals surface area (Å²) in [5, 5.41) is 13.0. The van der Waals surface area contributed by atoms with Gasteiger partial charge in [-0.3, -0.25) is 14.9 Å². The van der Waals surface area contributed by atoms with Crippen molar-refractivity contribution in [2.75, 3.05) is 6.54 Å². The first-order valence-corrected chi connectivity index (χ1v) is 7.62. The van der Waals surface area contributed by atoms with E-state index in [1.54, 1.807) is 0 Å². The monoisotopic (exact) mass is 374 g/mol. The molecule has 0 atom stereocenters. The van der Waals surface area contributed by atoms with Gasteiger partial charge in [-0.05, 0) is 42.0 Å². The number of carbonyl (C=O) groups is 1. The van der Waals surface area contributed by atoms with Gasteiger partial charge in [0.2, 0.25) is 5.91 Å². The standard InChI is InChI=1S/C19H13F3N2O3/c20-19(21,22)16-5-1-3-15(13-16)4-2-12-23-18(25)11-8-14-6-9-17(10-7-14)24(26)27/h1,3,5-11,13H,12H2,(H,23,25)/b11-8+. The van der Waals surface area contributed by atoms with Crippen molar-refractivity contribution in [2.24, 2.45) is 0 Å². The molecule has 138 valence electrons. The Hall–Kier alpha value is -3.60. The van der Waals surface area contributed by atoms with Crippen LogP contribution in [0, 0.1) is 22.0 Å². The number of alkyl halides is 3. The number of carbonyl (C=O) groups excluding carboxylic acids is 1. The number of hydrogen-bond acceptors (Lipinski definition) is 3. The lowest BCUT2D eigenvalue weighted by Crippen LogP contribution is -2.20. The van der Waals surface area contributed by atoms with Crippen molar-refractivity contribution in [3.63, 3.8) is 0 Å². The number of nitro benzene ring substituents is 1. The number of hydrogen-bond donors (Lipinski definition) is 1. The van der Waals surface area contributed by atoms with Crippen LogP contribution in [0.5, 0.6) is 0 Å². The Balaban J connectivity index is 1.88. The molecule has 0 aliphatic heterocycles. The average molecular weight is 374 g/mol. The van der Waals surface area contributed by atoms with Crippen molar-refractivity contribution >= 4 is 17.7 Å². The molecule has 0 heterocycles. The Bertz CT molecular complexity index is 924. The van der Waals surface area contributed by atoms with Crippen LogP contribution in [0.3, 0.4) is 0 Å². The molecule has 1 N–H and O–H groups in total. The van der Waals surface area contributed by atoms with E-state index in [-0.39, 0.29) is 17.8 Å². The second-order valence-electron chi connectivity index (χ2n) is 5.28. The molecule has 2 aromatic carbocycles. The third kappa shape index (κ3) is 6.32. The van der Waals surface area contributed by atoms with E-state index in [4.69, 9.17) is 0 Å². The highest BCUT2D eigenvalue weighted by Gasteiger charge is 2.30. The molecular formula is C19H13F3N2O3. The van der Waals surface area contributed by atoms with Gasteiger partial charge in [0.25, 0.3) is 5.69 Å². The molecule has 0 unspecified atom stereocenters. The molecule has 0 fully saturated rings. The van der Waals surface area contributed by atoms with Crippen LogP contribution in [0.1, 0.15) is 16.7 Å². The van der Waals surface area contributed by atoms with Gasteiger partial charge in [0.15, 0.2) is 0 Å². The van der Waals surface area contributed by atoms with E-state index in [0.717, 1.165) is 12.1 Å². The van der Waals surface area contributed by atoms with Crippen molar-refractivity contribution in [2.45, 2.75) is 6.18 Å². The van der Waals surface area contributed by atoms with Gasteiger partial charge in [-0.15, -0.1) is 0 Å². The first-order valence-electron chi connectivity index (χ1n) is 7.62. The summed E-state index contributed by atoms with van der Waals surface area (Å²) in [5.74, 6) is 4.67. The van der Waals surface area contributed by atoms with Crippen LogP contribution in [-0.2, 0) is 11.0 Å². The largest absolute Gasteiger partial charge is 0.416 e. The first-order chi connectivity index (χ1) is 12.8. The van der Waals surface area contributed by atoms with Crippen LogP contribution >= 0.6 is 0 Å². The topological polar surface area (TPSA) is 72.2 Å². The predicted molar refractivity (Wildman–Crippen MR) is 93.5 cm³/mol. The minimum Gasteiger partial charge on any atom is -0.342 e. The van der Waals surface area contributed by atoms with Gasteiger partial charge in [-0.2, -0.15) is 13.2 Å². The first kappa shape index (κ1) is 19.7. The minimum absolute atomic E-state index is 0.0420. The van der Waals surface area contributed by atoms with E-state index in [0.29, 0.717) is 5.56 Å². The average Bonchev–Trinajstić information content (AvgIpc) is 2.63. The van der Waals surface area contributed by atoms with Crippen molar-refractivity contribution in [3.8, 4) is 11.8 Å². The second kappa shape index (κ2) is 8.67. The minimum atomic E-state index is -4.44. The number of halogens is 3. The van der Waals surface area contributed by atoms with E-state index in [9.17, 15) is 28.1 Å². The van der Waals surface area contributed by atoms with Crippen molar-refractivity contribution in [1.82, 2.24) is 5.32 Å². The molecule has 0 bridgehead atoms. The number of rotatable bonds is 4.